The maximum absolute atomic E-state index is 13.5. The molecular weight excluding hydrogens is 281 g/mol. The van der Waals surface area contributed by atoms with Crippen LogP contribution in [-0.2, 0) is 12.7 Å². The highest BCUT2D eigenvalue weighted by molar-refractivity contribution is 5.78. The summed E-state index contributed by atoms with van der Waals surface area (Å²) in [5, 5.41) is 0. The lowest BCUT2D eigenvalue weighted by Gasteiger charge is -2.31. The molecule has 2 rings (SSSR count). The van der Waals surface area contributed by atoms with Gasteiger partial charge in [-0.2, -0.15) is 13.2 Å². The van der Waals surface area contributed by atoms with Crippen LogP contribution in [0.1, 0.15) is 17.5 Å². The summed E-state index contributed by atoms with van der Waals surface area (Å²) in [6, 6.07) is 0.644. The van der Waals surface area contributed by atoms with Gasteiger partial charge in [-0.05, 0) is 18.6 Å². The molecule has 1 aliphatic heterocycles. The van der Waals surface area contributed by atoms with Crippen molar-refractivity contribution in [3.05, 3.63) is 34.9 Å². The van der Waals surface area contributed by atoms with Gasteiger partial charge in [-0.15, -0.1) is 0 Å². The molecule has 1 aromatic carbocycles. The first-order chi connectivity index (χ1) is 9.29. The first-order valence-electron chi connectivity index (χ1n) is 5.89. The number of hydrogen-bond acceptors (Lipinski definition) is 1. The van der Waals surface area contributed by atoms with Crippen molar-refractivity contribution in [2.24, 2.45) is 10.7 Å². The van der Waals surface area contributed by atoms with E-state index in [9.17, 15) is 22.0 Å². The van der Waals surface area contributed by atoms with Crippen molar-refractivity contribution in [2.75, 3.05) is 13.1 Å². The second-order valence-corrected chi connectivity index (χ2v) is 4.44. The quantitative estimate of drug-likeness (QED) is 0.517. The van der Waals surface area contributed by atoms with Gasteiger partial charge in [0, 0.05) is 18.7 Å². The monoisotopic (exact) mass is 293 g/mol. The van der Waals surface area contributed by atoms with E-state index in [1.54, 1.807) is 4.90 Å². The summed E-state index contributed by atoms with van der Waals surface area (Å²) in [6.07, 6.45) is -3.96. The van der Waals surface area contributed by atoms with E-state index < -0.39 is 23.4 Å². The maximum Gasteiger partial charge on any atom is 0.419 e. The van der Waals surface area contributed by atoms with Gasteiger partial charge >= 0.3 is 6.18 Å². The van der Waals surface area contributed by atoms with E-state index in [1.807, 2.05) is 0 Å². The van der Waals surface area contributed by atoms with Gasteiger partial charge in [0.25, 0.3) is 0 Å². The molecule has 2 N–H and O–H groups in total. The van der Waals surface area contributed by atoms with Crippen molar-refractivity contribution >= 4 is 5.96 Å². The summed E-state index contributed by atoms with van der Waals surface area (Å²) in [5.74, 6) is -2.50. The first-order valence-corrected chi connectivity index (χ1v) is 5.89. The molecule has 8 heteroatoms. The molecule has 0 aliphatic carbocycles. The molecule has 0 saturated carbocycles. The second-order valence-electron chi connectivity index (χ2n) is 4.44. The molecule has 1 aliphatic rings. The van der Waals surface area contributed by atoms with Gasteiger partial charge in [0.05, 0.1) is 12.1 Å². The van der Waals surface area contributed by atoms with E-state index in [-0.39, 0.29) is 24.1 Å². The van der Waals surface area contributed by atoms with Crippen LogP contribution < -0.4 is 5.73 Å². The fraction of sp³-hybridized carbons (Fsp3) is 0.417. The molecule has 110 valence electrons. The van der Waals surface area contributed by atoms with E-state index in [0.29, 0.717) is 6.07 Å². The average molecular weight is 293 g/mol. The van der Waals surface area contributed by atoms with Crippen LogP contribution in [0, 0.1) is 11.6 Å². The normalized spacial score (nSPS) is 16.2. The molecule has 20 heavy (non-hydrogen) atoms. The van der Waals surface area contributed by atoms with Crippen molar-refractivity contribution in [1.29, 1.82) is 0 Å². The number of nitrogens with zero attached hydrogens (tertiary/aromatic N) is 2. The van der Waals surface area contributed by atoms with Crippen LogP contribution in [0.3, 0.4) is 0 Å². The number of benzene rings is 1. The summed E-state index contributed by atoms with van der Waals surface area (Å²) in [7, 11) is 0. The van der Waals surface area contributed by atoms with E-state index in [1.165, 1.54) is 0 Å². The molecule has 1 heterocycles. The minimum absolute atomic E-state index is 0.139. The zero-order valence-corrected chi connectivity index (χ0v) is 10.3. The lowest BCUT2D eigenvalue weighted by molar-refractivity contribution is -0.140. The fourth-order valence-electron chi connectivity index (χ4n) is 1.74. The van der Waals surface area contributed by atoms with Crippen molar-refractivity contribution in [2.45, 2.75) is 19.1 Å². The minimum atomic E-state index is -4.93. The van der Waals surface area contributed by atoms with Gasteiger partial charge in [0.1, 0.15) is 11.6 Å². The summed E-state index contributed by atoms with van der Waals surface area (Å²) in [5.41, 5.74) is 3.70. The molecule has 0 spiro atoms. The topological polar surface area (TPSA) is 41.6 Å². The largest absolute Gasteiger partial charge is 0.419 e. The fourth-order valence-corrected chi connectivity index (χ4v) is 1.74. The highest BCUT2D eigenvalue weighted by Crippen LogP contribution is 2.32. The number of aliphatic imine (C=N–C) groups is 1. The van der Waals surface area contributed by atoms with Crippen molar-refractivity contribution in [3.63, 3.8) is 0 Å². The zero-order valence-electron chi connectivity index (χ0n) is 10.3. The Morgan fingerprint density at radius 3 is 2.35 bits per heavy atom. The molecule has 1 saturated heterocycles. The van der Waals surface area contributed by atoms with Gasteiger partial charge in [0.2, 0.25) is 0 Å². The summed E-state index contributed by atoms with van der Waals surface area (Å²) >= 11 is 0. The van der Waals surface area contributed by atoms with Gasteiger partial charge < -0.3 is 10.6 Å². The van der Waals surface area contributed by atoms with E-state index >= 15 is 0 Å². The Morgan fingerprint density at radius 2 is 1.85 bits per heavy atom. The van der Waals surface area contributed by atoms with E-state index in [0.717, 1.165) is 19.5 Å². The second kappa shape index (κ2) is 5.26. The van der Waals surface area contributed by atoms with Gasteiger partial charge in [-0.3, -0.25) is 0 Å². The van der Waals surface area contributed by atoms with Gasteiger partial charge in [-0.25, -0.2) is 13.8 Å². The molecule has 0 aromatic heterocycles. The minimum Gasteiger partial charge on any atom is -0.370 e. The smallest absolute Gasteiger partial charge is 0.370 e. The van der Waals surface area contributed by atoms with E-state index in [4.69, 9.17) is 5.73 Å². The summed E-state index contributed by atoms with van der Waals surface area (Å²) in [4.78, 5) is 5.58. The SMILES string of the molecule is NC(=NCc1cc(F)c(C(F)(F)F)cc1F)N1CCC1. The highest BCUT2D eigenvalue weighted by Gasteiger charge is 2.35. The molecule has 1 fully saturated rings. The predicted molar refractivity (Wildman–Crippen MR) is 62.9 cm³/mol. The zero-order chi connectivity index (χ0) is 14.9. The number of rotatable bonds is 2. The van der Waals surface area contributed by atoms with Crippen LogP contribution in [0.2, 0.25) is 0 Å². The molecule has 0 amide bonds. The number of hydrogen-bond donors (Lipinski definition) is 1. The lowest BCUT2D eigenvalue weighted by Crippen LogP contribution is -2.46. The third kappa shape index (κ3) is 3.00. The Morgan fingerprint density at radius 1 is 1.20 bits per heavy atom. The molecule has 1 aromatic rings. The number of nitrogens with two attached hydrogens (primary N) is 1. The third-order valence-electron chi connectivity index (χ3n) is 3.03. The molecule has 0 bridgehead atoms. The average Bonchev–Trinajstić information content (AvgIpc) is 2.26. The standard InChI is InChI=1S/C12H12F5N3/c13-9-5-8(12(15,16)17)10(14)4-7(9)6-19-11(18)20-2-1-3-20/h4-5H,1-3,6H2,(H2,18,19). The van der Waals surface area contributed by atoms with Crippen LogP contribution >= 0.6 is 0 Å². The predicted octanol–water partition coefficient (Wildman–Crippen LogP) is 2.50. The maximum atomic E-state index is 13.5. The Hall–Kier alpha value is -1.86. The Balaban J connectivity index is 2.19. The molecule has 0 atom stereocenters. The number of guanidine groups is 1. The summed E-state index contributed by atoms with van der Waals surface area (Å²) in [6.45, 7) is 1.17. The molecule has 3 nitrogen and oxygen atoms in total. The van der Waals surface area contributed by atoms with Crippen LogP contribution in [0.4, 0.5) is 22.0 Å². The Labute approximate surface area is 111 Å². The van der Waals surface area contributed by atoms with Crippen LogP contribution in [-0.4, -0.2) is 23.9 Å². The molecule has 0 radical (unpaired) electrons. The van der Waals surface area contributed by atoms with Crippen molar-refractivity contribution in [1.82, 2.24) is 4.90 Å². The van der Waals surface area contributed by atoms with E-state index in [2.05, 4.69) is 4.99 Å². The number of alkyl halides is 3. The van der Waals surface area contributed by atoms with Gasteiger partial charge in [-0.1, -0.05) is 0 Å². The summed E-state index contributed by atoms with van der Waals surface area (Å²) < 4.78 is 63.9. The number of likely N-dealkylation sites (tertiary alicyclic amines) is 1. The van der Waals surface area contributed by atoms with Gasteiger partial charge in [0.15, 0.2) is 5.96 Å². The Bertz CT molecular complexity index is 535. The molecule has 0 unspecified atom stereocenters. The highest BCUT2D eigenvalue weighted by atomic mass is 19.4. The van der Waals surface area contributed by atoms with Crippen molar-refractivity contribution < 1.29 is 22.0 Å². The first kappa shape index (κ1) is 14.5. The van der Waals surface area contributed by atoms with Crippen molar-refractivity contribution in [3.8, 4) is 0 Å². The van der Waals surface area contributed by atoms with Crippen LogP contribution in [0.5, 0.6) is 0 Å². The number of halogens is 5. The molecular formula is C12H12F5N3. The lowest BCUT2D eigenvalue weighted by atomic mass is 10.1. The van der Waals surface area contributed by atoms with Crippen LogP contribution in [0.25, 0.3) is 0 Å². The van der Waals surface area contributed by atoms with Crippen LogP contribution in [0.15, 0.2) is 17.1 Å². The third-order valence-corrected chi connectivity index (χ3v) is 3.03. The Kier molecular flexibility index (Phi) is 3.82.